The first-order valence-electron chi connectivity index (χ1n) is 5.22. The zero-order chi connectivity index (χ0) is 16.2. The van der Waals surface area contributed by atoms with Crippen molar-refractivity contribution in [2.24, 2.45) is 0 Å². The highest BCUT2D eigenvalue weighted by Crippen LogP contribution is 2.41. The molecule has 1 aromatic rings. The van der Waals surface area contributed by atoms with Crippen molar-refractivity contribution in [3.63, 3.8) is 0 Å². The maximum absolute atomic E-state index is 10.8. The molecule has 0 aliphatic heterocycles. The Hall–Kier alpha value is -2.27. The molecule has 0 unspecified atom stereocenters. The molecule has 0 bridgehead atoms. The molecule has 0 atom stereocenters. The van der Waals surface area contributed by atoms with Crippen LogP contribution in [0.5, 0.6) is 5.75 Å². The molecule has 0 radical (unpaired) electrons. The van der Waals surface area contributed by atoms with Gasteiger partial charge in [0.2, 0.25) is 0 Å². The van der Waals surface area contributed by atoms with Crippen LogP contribution in [0.4, 0.5) is 17.1 Å². The summed E-state index contributed by atoms with van der Waals surface area (Å²) in [6.45, 7) is -0.926. The Labute approximate surface area is 116 Å². The van der Waals surface area contributed by atoms with Crippen LogP contribution in [0.15, 0.2) is 12.1 Å². The van der Waals surface area contributed by atoms with Crippen LogP contribution in [0.25, 0.3) is 0 Å². The Kier molecular flexibility index (Phi) is 5.16. The van der Waals surface area contributed by atoms with Gasteiger partial charge in [-0.2, -0.15) is 0 Å². The van der Waals surface area contributed by atoms with Gasteiger partial charge in [0, 0.05) is 12.6 Å². The fraction of sp³-hybridized carbons (Fsp3) is 0.250. The molecule has 1 rings (SSSR count). The molecular weight excluding hydrogens is 313 g/mol. The van der Waals surface area contributed by atoms with Crippen molar-refractivity contribution < 1.29 is 33.8 Å². The molecule has 0 aromatic heterocycles. The van der Waals surface area contributed by atoms with Crippen molar-refractivity contribution in [1.82, 2.24) is 0 Å². The number of phenolic OH excluding ortho intramolecular Hbond substituents is 1. The minimum atomic E-state index is -4.72. The number of hydrogen-bond donors (Lipinski definition) is 4. The lowest BCUT2D eigenvalue weighted by atomic mass is 10.2. The number of nitrogens with one attached hydrogen (secondary N) is 1. The highest BCUT2D eigenvalue weighted by atomic mass is 31.2. The minimum absolute atomic E-state index is 0.365. The lowest BCUT2D eigenvalue weighted by molar-refractivity contribution is -0.393. The van der Waals surface area contributed by atoms with Crippen LogP contribution < -0.4 is 5.32 Å². The number of nitrogens with zero attached hydrogens (tertiary/aromatic N) is 2. The van der Waals surface area contributed by atoms with Gasteiger partial charge in [-0.25, -0.2) is 4.57 Å². The van der Waals surface area contributed by atoms with Crippen LogP contribution in [-0.4, -0.2) is 37.9 Å². The number of hydrogen-bond acceptors (Lipinski definition) is 8. The Morgan fingerprint density at radius 1 is 1.24 bits per heavy atom. The van der Waals surface area contributed by atoms with E-state index >= 15 is 0 Å². The average molecular weight is 323 g/mol. The Morgan fingerprint density at radius 3 is 2.33 bits per heavy atom. The third kappa shape index (κ3) is 4.65. The van der Waals surface area contributed by atoms with Gasteiger partial charge in [-0.3, -0.25) is 24.8 Å². The number of anilines is 1. The molecule has 1 aromatic carbocycles. The largest absolute Gasteiger partial charge is 0.502 e. The molecule has 0 spiro atoms. The Bertz CT molecular complexity index is 613. The van der Waals surface area contributed by atoms with Crippen LogP contribution in [0, 0.1) is 20.2 Å². The summed E-state index contributed by atoms with van der Waals surface area (Å²) in [6, 6.07) is 1.65. The normalized spacial score (nSPS) is 11.1. The van der Waals surface area contributed by atoms with Crippen molar-refractivity contribution >= 4 is 24.9 Å². The van der Waals surface area contributed by atoms with Gasteiger partial charge in [0.15, 0.2) is 11.4 Å². The predicted molar refractivity (Wildman–Crippen MR) is 67.9 cm³/mol. The van der Waals surface area contributed by atoms with Gasteiger partial charge >= 0.3 is 13.5 Å². The third-order valence-electron chi connectivity index (χ3n) is 2.18. The van der Waals surface area contributed by atoms with Crippen molar-refractivity contribution in [2.75, 3.05) is 18.5 Å². The molecule has 0 saturated carbocycles. The number of nitro groups is 2. The molecule has 0 heterocycles. The summed E-state index contributed by atoms with van der Waals surface area (Å²) in [4.78, 5) is 36.6. The van der Waals surface area contributed by atoms with E-state index in [9.17, 15) is 29.9 Å². The Morgan fingerprint density at radius 2 is 1.86 bits per heavy atom. The number of benzene rings is 1. The summed E-state index contributed by atoms with van der Waals surface area (Å²) in [5, 5.41) is 33.3. The van der Waals surface area contributed by atoms with Crippen LogP contribution in [0.2, 0.25) is 0 Å². The molecule has 13 heteroatoms. The summed E-state index contributed by atoms with van der Waals surface area (Å²) in [7, 11) is -4.72. The molecule has 12 nitrogen and oxygen atoms in total. The number of rotatable bonds is 7. The van der Waals surface area contributed by atoms with Crippen LogP contribution in [0.1, 0.15) is 0 Å². The lowest BCUT2D eigenvalue weighted by Crippen LogP contribution is -2.11. The molecule has 116 valence electrons. The maximum Gasteiger partial charge on any atom is 0.469 e. The highest BCUT2D eigenvalue weighted by Gasteiger charge is 2.29. The molecule has 21 heavy (non-hydrogen) atoms. The summed E-state index contributed by atoms with van der Waals surface area (Å²) < 4.78 is 14.5. The van der Waals surface area contributed by atoms with Gasteiger partial charge in [0.25, 0.3) is 5.69 Å². The van der Waals surface area contributed by atoms with E-state index in [2.05, 4.69) is 9.84 Å². The number of phenols is 1. The standard InChI is InChI=1S/C8H10N3O9P/c12-6-2-1-5(10(13)14)7(8(6)11(15)16)9-3-4-20-21(17,18)19/h1-2,9,12H,3-4H2,(H2,17,18,19). The fourth-order valence-electron chi connectivity index (χ4n) is 1.42. The molecule has 0 aliphatic rings. The lowest BCUT2D eigenvalue weighted by Gasteiger charge is -2.09. The second kappa shape index (κ2) is 6.45. The molecule has 0 fully saturated rings. The molecule has 4 N–H and O–H groups in total. The third-order valence-corrected chi connectivity index (χ3v) is 2.70. The van der Waals surface area contributed by atoms with E-state index < -0.39 is 47.1 Å². The zero-order valence-electron chi connectivity index (χ0n) is 10.2. The van der Waals surface area contributed by atoms with Crippen LogP contribution >= 0.6 is 7.82 Å². The monoisotopic (exact) mass is 323 g/mol. The molecule has 0 aliphatic carbocycles. The number of phosphoric acid groups is 1. The summed E-state index contributed by atoms with van der Waals surface area (Å²) >= 11 is 0. The van der Waals surface area contributed by atoms with Crippen LogP contribution in [0.3, 0.4) is 0 Å². The first-order valence-corrected chi connectivity index (χ1v) is 6.75. The van der Waals surface area contributed by atoms with Crippen molar-refractivity contribution in [3.05, 3.63) is 32.4 Å². The van der Waals surface area contributed by atoms with Crippen molar-refractivity contribution in [1.29, 1.82) is 0 Å². The summed E-state index contributed by atoms with van der Waals surface area (Å²) in [5.41, 5.74) is -2.17. The van der Waals surface area contributed by atoms with Crippen molar-refractivity contribution in [3.8, 4) is 5.75 Å². The van der Waals surface area contributed by atoms with E-state index in [0.29, 0.717) is 0 Å². The highest BCUT2D eigenvalue weighted by molar-refractivity contribution is 7.46. The van der Waals surface area contributed by atoms with E-state index in [1.807, 2.05) is 0 Å². The maximum atomic E-state index is 10.8. The van der Waals surface area contributed by atoms with Gasteiger partial charge in [-0.15, -0.1) is 0 Å². The topological polar surface area (TPSA) is 185 Å². The van der Waals surface area contributed by atoms with Crippen LogP contribution in [-0.2, 0) is 9.09 Å². The van der Waals surface area contributed by atoms with E-state index in [0.717, 1.165) is 12.1 Å². The number of nitro benzene ring substituents is 2. The smallest absolute Gasteiger partial charge is 0.469 e. The SMILES string of the molecule is O=[N+]([O-])c1ccc(O)c([N+](=O)[O-])c1NCCOP(=O)(O)O. The van der Waals surface area contributed by atoms with E-state index in [1.165, 1.54) is 0 Å². The van der Waals surface area contributed by atoms with E-state index in [1.54, 1.807) is 0 Å². The quantitative estimate of drug-likeness (QED) is 0.241. The van der Waals surface area contributed by atoms with Gasteiger partial charge in [0.05, 0.1) is 16.5 Å². The second-order valence-corrected chi connectivity index (χ2v) is 4.83. The van der Waals surface area contributed by atoms with Gasteiger partial charge in [-0.05, 0) is 6.07 Å². The number of aromatic hydroxyl groups is 1. The molecule has 0 saturated heterocycles. The molecular formula is C8H10N3O9P. The Balaban J connectivity index is 3.02. The van der Waals surface area contributed by atoms with Gasteiger partial charge in [-0.1, -0.05) is 0 Å². The van der Waals surface area contributed by atoms with E-state index in [-0.39, 0.29) is 6.54 Å². The van der Waals surface area contributed by atoms with Gasteiger partial charge < -0.3 is 20.2 Å². The molecule has 0 amide bonds. The van der Waals surface area contributed by atoms with Gasteiger partial charge in [0.1, 0.15) is 0 Å². The minimum Gasteiger partial charge on any atom is -0.502 e. The predicted octanol–water partition coefficient (Wildman–Crippen LogP) is 0.730. The zero-order valence-corrected chi connectivity index (χ0v) is 11.1. The fourth-order valence-corrected chi connectivity index (χ4v) is 1.75. The first kappa shape index (κ1) is 16.8. The summed E-state index contributed by atoms with van der Waals surface area (Å²) in [5.74, 6) is -0.788. The summed E-state index contributed by atoms with van der Waals surface area (Å²) in [6.07, 6.45) is 0. The average Bonchev–Trinajstić information content (AvgIpc) is 2.32. The van der Waals surface area contributed by atoms with E-state index in [4.69, 9.17) is 9.79 Å². The van der Waals surface area contributed by atoms with Crippen molar-refractivity contribution in [2.45, 2.75) is 0 Å². The first-order chi connectivity index (χ1) is 9.63. The second-order valence-electron chi connectivity index (χ2n) is 3.59. The number of phosphoric ester groups is 1.